The zero-order valence-corrected chi connectivity index (χ0v) is 18.6. The van der Waals surface area contributed by atoms with Gasteiger partial charge in [0.25, 0.3) is 5.91 Å². The topological polar surface area (TPSA) is 109 Å². The summed E-state index contributed by atoms with van der Waals surface area (Å²) in [6, 6.07) is 4.14. The molecule has 0 radical (unpaired) electrons. The number of carbonyl (C=O) groups excluding carboxylic acids is 1. The molecule has 2 aromatic heterocycles. The van der Waals surface area contributed by atoms with Crippen molar-refractivity contribution in [2.45, 2.75) is 58.4 Å². The molecule has 0 aromatic carbocycles. The lowest BCUT2D eigenvalue weighted by Crippen LogP contribution is -2.43. The minimum absolute atomic E-state index is 0.111. The van der Waals surface area contributed by atoms with Gasteiger partial charge in [0.2, 0.25) is 5.95 Å². The van der Waals surface area contributed by atoms with Crippen LogP contribution in [-0.2, 0) is 0 Å². The Morgan fingerprint density at radius 3 is 2.40 bits per heavy atom. The Morgan fingerprint density at radius 1 is 1.17 bits per heavy atom. The van der Waals surface area contributed by atoms with Gasteiger partial charge in [0, 0.05) is 49.5 Å². The van der Waals surface area contributed by atoms with Crippen LogP contribution in [0.2, 0.25) is 0 Å². The maximum atomic E-state index is 12.4. The van der Waals surface area contributed by atoms with Gasteiger partial charge in [-0.05, 0) is 36.8 Å². The second-order valence-electron chi connectivity index (χ2n) is 8.50. The van der Waals surface area contributed by atoms with Crippen molar-refractivity contribution in [3.63, 3.8) is 0 Å². The van der Waals surface area contributed by atoms with Crippen molar-refractivity contribution in [2.24, 2.45) is 5.73 Å². The number of hydrogen-bond donors (Lipinski definition) is 3. The summed E-state index contributed by atoms with van der Waals surface area (Å²) in [5.74, 6) is 1.41. The summed E-state index contributed by atoms with van der Waals surface area (Å²) in [6.45, 7) is 10.0. The fourth-order valence-electron chi connectivity index (χ4n) is 3.49. The van der Waals surface area contributed by atoms with Crippen LogP contribution in [0.3, 0.4) is 0 Å². The van der Waals surface area contributed by atoms with Crippen LogP contribution in [0.5, 0.6) is 0 Å². The van der Waals surface area contributed by atoms with E-state index in [0.717, 1.165) is 36.5 Å². The summed E-state index contributed by atoms with van der Waals surface area (Å²) in [5, 5.41) is 6.03. The molecule has 1 unspecified atom stereocenters. The molecule has 1 amide bonds. The average molecular weight is 412 g/mol. The second kappa shape index (κ2) is 9.38. The summed E-state index contributed by atoms with van der Waals surface area (Å²) < 4.78 is 0. The molecule has 1 aliphatic heterocycles. The first-order valence-corrected chi connectivity index (χ1v) is 10.7. The summed E-state index contributed by atoms with van der Waals surface area (Å²) in [5.41, 5.74) is 9.40. The smallest absolute Gasteiger partial charge is 0.256 e. The second-order valence-corrected chi connectivity index (χ2v) is 8.50. The molecule has 4 N–H and O–H groups in total. The van der Waals surface area contributed by atoms with Crippen molar-refractivity contribution in [3.8, 4) is 0 Å². The van der Waals surface area contributed by atoms with Crippen LogP contribution in [-0.4, -0.2) is 47.0 Å². The molecule has 0 bridgehead atoms. The van der Waals surface area contributed by atoms with Crippen LogP contribution in [0.15, 0.2) is 18.3 Å². The monoisotopic (exact) mass is 411 g/mol. The number of nitrogens with two attached hydrogens (primary N) is 1. The van der Waals surface area contributed by atoms with E-state index in [9.17, 15) is 4.79 Å². The molecule has 0 saturated carbocycles. The number of pyridine rings is 1. The summed E-state index contributed by atoms with van der Waals surface area (Å²) in [4.78, 5) is 28.4. The van der Waals surface area contributed by atoms with Gasteiger partial charge in [-0.25, -0.2) is 4.98 Å². The van der Waals surface area contributed by atoms with Gasteiger partial charge in [0.15, 0.2) is 0 Å². The van der Waals surface area contributed by atoms with Crippen LogP contribution in [0.1, 0.15) is 74.1 Å². The van der Waals surface area contributed by atoms with Crippen LogP contribution in [0, 0.1) is 0 Å². The van der Waals surface area contributed by atoms with Crippen LogP contribution < -0.4 is 21.3 Å². The van der Waals surface area contributed by atoms with Crippen molar-refractivity contribution in [2.75, 3.05) is 30.4 Å². The predicted molar refractivity (Wildman–Crippen MR) is 121 cm³/mol. The molecule has 3 heterocycles. The van der Waals surface area contributed by atoms with E-state index in [1.807, 2.05) is 12.1 Å². The molecule has 3 rings (SSSR count). The van der Waals surface area contributed by atoms with E-state index in [1.54, 1.807) is 13.2 Å². The first-order chi connectivity index (χ1) is 14.3. The van der Waals surface area contributed by atoms with Crippen molar-refractivity contribution in [3.05, 3.63) is 35.3 Å². The Morgan fingerprint density at radius 2 is 1.83 bits per heavy atom. The number of anilines is 3. The van der Waals surface area contributed by atoms with Crippen molar-refractivity contribution < 1.29 is 4.79 Å². The SMILES string of the molecule is CNC(=O)c1cnc(N2CCCC(N)C2)nc1Nc1cc(C(C)C)nc(C(C)C)c1. The van der Waals surface area contributed by atoms with Gasteiger partial charge in [-0.3, -0.25) is 9.78 Å². The zero-order valence-electron chi connectivity index (χ0n) is 18.6. The van der Waals surface area contributed by atoms with Crippen molar-refractivity contribution in [1.82, 2.24) is 20.3 Å². The van der Waals surface area contributed by atoms with Gasteiger partial charge in [0.05, 0.1) is 0 Å². The highest BCUT2D eigenvalue weighted by Crippen LogP contribution is 2.27. The number of hydrogen-bond acceptors (Lipinski definition) is 7. The first kappa shape index (κ1) is 22.0. The molecule has 8 heteroatoms. The third-order valence-corrected chi connectivity index (χ3v) is 5.30. The lowest BCUT2D eigenvalue weighted by molar-refractivity contribution is 0.0963. The molecule has 0 aliphatic carbocycles. The minimum atomic E-state index is -0.235. The van der Waals surface area contributed by atoms with Gasteiger partial charge < -0.3 is 21.3 Å². The fraction of sp³-hybridized carbons (Fsp3) is 0.545. The lowest BCUT2D eigenvalue weighted by atomic mass is 10.0. The van der Waals surface area contributed by atoms with Gasteiger partial charge in [-0.15, -0.1) is 0 Å². The lowest BCUT2D eigenvalue weighted by Gasteiger charge is -2.31. The molecule has 1 fully saturated rings. The van der Waals surface area contributed by atoms with E-state index in [4.69, 9.17) is 15.7 Å². The maximum Gasteiger partial charge on any atom is 0.256 e. The van der Waals surface area contributed by atoms with E-state index in [1.165, 1.54) is 0 Å². The molecule has 2 aromatic rings. The van der Waals surface area contributed by atoms with Crippen LogP contribution in [0.4, 0.5) is 17.5 Å². The Bertz CT molecular complexity index is 871. The predicted octanol–water partition coefficient (Wildman–Crippen LogP) is 3.15. The van der Waals surface area contributed by atoms with Crippen molar-refractivity contribution in [1.29, 1.82) is 0 Å². The normalized spacial score (nSPS) is 16.8. The highest BCUT2D eigenvalue weighted by molar-refractivity contribution is 5.99. The fourth-order valence-corrected chi connectivity index (χ4v) is 3.49. The Labute approximate surface area is 178 Å². The number of piperidine rings is 1. The molecule has 30 heavy (non-hydrogen) atoms. The number of rotatable bonds is 6. The Kier molecular flexibility index (Phi) is 6.87. The molecule has 162 valence electrons. The van der Waals surface area contributed by atoms with E-state index >= 15 is 0 Å². The number of nitrogens with one attached hydrogen (secondary N) is 2. The quantitative estimate of drug-likeness (QED) is 0.670. The molecule has 1 atom stereocenters. The Balaban J connectivity index is 2.00. The van der Waals surface area contributed by atoms with Crippen LogP contribution >= 0.6 is 0 Å². The van der Waals surface area contributed by atoms with E-state index in [-0.39, 0.29) is 11.9 Å². The van der Waals surface area contributed by atoms with Gasteiger partial charge in [-0.2, -0.15) is 4.98 Å². The Hall–Kier alpha value is -2.74. The molecular formula is C22H33N7O. The van der Waals surface area contributed by atoms with E-state index in [0.29, 0.717) is 35.7 Å². The average Bonchev–Trinajstić information content (AvgIpc) is 2.72. The first-order valence-electron chi connectivity index (χ1n) is 10.7. The van der Waals surface area contributed by atoms with Gasteiger partial charge in [0.1, 0.15) is 11.4 Å². The summed E-state index contributed by atoms with van der Waals surface area (Å²) in [6.07, 6.45) is 3.59. The van der Waals surface area contributed by atoms with Crippen LogP contribution in [0.25, 0.3) is 0 Å². The third kappa shape index (κ3) is 5.05. The number of aromatic nitrogens is 3. The molecular weight excluding hydrogens is 378 g/mol. The van der Waals surface area contributed by atoms with Gasteiger partial charge in [-0.1, -0.05) is 27.7 Å². The molecule has 1 aliphatic rings. The summed E-state index contributed by atoms with van der Waals surface area (Å²) >= 11 is 0. The highest BCUT2D eigenvalue weighted by atomic mass is 16.1. The zero-order chi connectivity index (χ0) is 21.8. The maximum absolute atomic E-state index is 12.4. The molecule has 8 nitrogen and oxygen atoms in total. The minimum Gasteiger partial charge on any atom is -0.355 e. The largest absolute Gasteiger partial charge is 0.355 e. The van der Waals surface area contributed by atoms with E-state index in [2.05, 4.69) is 48.2 Å². The molecule has 0 spiro atoms. The van der Waals surface area contributed by atoms with E-state index < -0.39 is 0 Å². The number of carbonyl (C=O) groups is 1. The summed E-state index contributed by atoms with van der Waals surface area (Å²) in [7, 11) is 1.60. The van der Waals surface area contributed by atoms with Crippen molar-refractivity contribution >= 4 is 23.4 Å². The third-order valence-electron chi connectivity index (χ3n) is 5.30. The van der Waals surface area contributed by atoms with Gasteiger partial charge >= 0.3 is 0 Å². The number of nitrogens with zero attached hydrogens (tertiary/aromatic N) is 4. The standard InChI is InChI=1S/C22H33N7O/c1-13(2)18-9-16(10-19(27-18)14(3)4)26-20-17(21(30)24-5)11-25-22(28-20)29-8-6-7-15(23)12-29/h9-11,13-15H,6-8,12,23H2,1-5H3,(H,24,30)(H,25,26,27,28). The molecule has 1 saturated heterocycles. The number of amides is 1. The highest BCUT2D eigenvalue weighted by Gasteiger charge is 2.22.